The number of hydrogen-bond donors (Lipinski definition) is 1. The number of benzene rings is 1. The lowest BCUT2D eigenvalue weighted by Crippen LogP contribution is -2.23. The highest BCUT2D eigenvalue weighted by Gasteiger charge is 2.31. The van der Waals surface area contributed by atoms with Gasteiger partial charge in [-0.1, -0.05) is 13.0 Å². The molecule has 18 heavy (non-hydrogen) atoms. The summed E-state index contributed by atoms with van der Waals surface area (Å²) in [5.41, 5.74) is 0.865. The Kier molecular flexibility index (Phi) is 4.65. The Bertz CT molecular complexity index is 408. The Morgan fingerprint density at radius 3 is 2.89 bits per heavy atom. The normalized spacial score (nSPS) is 25.1. The third-order valence-corrected chi connectivity index (χ3v) is 3.97. The van der Waals surface area contributed by atoms with E-state index in [1.54, 1.807) is 0 Å². The van der Waals surface area contributed by atoms with Crippen molar-refractivity contribution in [1.82, 2.24) is 0 Å². The summed E-state index contributed by atoms with van der Waals surface area (Å²) >= 11 is 3.46. The molecule has 100 valence electrons. The van der Waals surface area contributed by atoms with Crippen LogP contribution in [0.1, 0.15) is 31.9 Å². The van der Waals surface area contributed by atoms with Gasteiger partial charge in [-0.3, -0.25) is 0 Å². The average Bonchev–Trinajstić information content (AvgIpc) is 2.77. The monoisotopic (exact) mass is 314 g/mol. The zero-order valence-corrected chi connectivity index (χ0v) is 12.3. The Labute approximate surface area is 116 Å². The molecule has 1 N–H and O–H groups in total. The lowest BCUT2D eigenvalue weighted by Gasteiger charge is -2.22. The molecule has 3 unspecified atom stereocenters. The first kappa shape index (κ1) is 13.8. The molecular weight excluding hydrogens is 296 g/mol. The predicted molar refractivity (Wildman–Crippen MR) is 73.8 cm³/mol. The molecule has 1 aliphatic rings. The smallest absolute Gasteiger partial charge is 0.133 e. The van der Waals surface area contributed by atoms with Crippen molar-refractivity contribution in [3.63, 3.8) is 0 Å². The molecule has 3 atom stereocenters. The Morgan fingerprint density at radius 1 is 1.56 bits per heavy atom. The zero-order valence-electron chi connectivity index (χ0n) is 10.7. The van der Waals surface area contributed by atoms with E-state index >= 15 is 0 Å². The van der Waals surface area contributed by atoms with Crippen LogP contribution in [-0.2, 0) is 4.74 Å². The Hall–Kier alpha value is -0.580. The summed E-state index contributed by atoms with van der Waals surface area (Å²) in [5.74, 6) is 1.19. The standard InChI is InChI=1S/C14H19BrO3/c1-3-17-12-5-4-10(8-11(12)15)13(16)14-9(2)6-7-18-14/h4-5,8-9,13-14,16H,3,6-7H2,1-2H3. The summed E-state index contributed by atoms with van der Waals surface area (Å²) in [6, 6.07) is 5.69. The minimum absolute atomic E-state index is 0.102. The highest BCUT2D eigenvalue weighted by molar-refractivity contribution is 9.10. The third-order valence-electron chi connectivity index (χ3n) is 3.35. The first-order valence-corrected chi connectivity index (χ1v) is 7.14. The van der Waals surface area contributed by atoms with Gasteiger partial charge in [0.15, 0.2) is 0 Å². The summed E-state index contributed by atoms with van der Waals surface area (Å²) in [6.45, 7) is 5.43. The molecule has 1 aromatic rings. The van der Waals surface area contributed by atoms with Gasteiger partial charge in [0, 0.05) is 6.61 Å². The van der Waals surface area contributed by atoms with Crippen molar-refractivity contribution in [3.8, 4) is 5.75 Å². The lowest BCUT2D eigenvalue weighted by molar-refractivity contribution is -0.0178. The number of hydrogen-bond acceptors (Lipinski definition) is 3. The van der Waals surface area contributed by atoms with Gasteiger partial charge in [-0.2, -0.15) is 0 Å². The van der Waals surface area contributed by atoms with Gasteiger partial charge in [0.1, 0.15) is 11.9 Å². The van der Waals surface area contributed by atoms with Crippen molar-refractivity contribution in [2.45, 2.75) is 32.5 Å². The molecule has 1 aromatic carbocycles. The molecule has 2 rings (SSSR count). The molecule has 0 aliphatic carbocycles. The molecule has 1 saturated heterocycles. The van der Waals surface area contributed by atoms with Crippen molar-refractivity contribution in [2.24, 2.45) is 5.92 Å². The fourth-order valence-corrected chi connectivity index (χ4v) is 2.80. The van der Waals surface area contributed by atoms with E-state index in [-0.39, 0.29) is 6.10 Å². The van der Waals surface area contributed by atoms with Crippen LogP contribution in [-0.4, -0.2) is 24.4 Å². The van der Waals surface area contributed by atoms with Crippen LogP contribution in [0, 0.1) is 5.92 Å². The molecular formula is C14H19BrO3. The summed E-state index contributed by atoms with van der Waals surface area (Å²) < 4.78 is 11.9. The number of rotatable bonds is 4. The minimum atomic E-state index is -0.575. The fourth-order valence-electron chi connectivity index (χ4n) is 2.28. The van der Waals surface area contributed by atoms with Crippen molar-refractivity contribution in [2.75, 3.05) is 13.2 Å². The van der Waals surface area contributed by atoms with Crippen LogP contribution < -0.4 is 4.74 Å². The quantitative estimate of drug-likeness (QED) is 0.926. The van der Waals surface area contributed by atoms with Gasteiger partial charge < -0.3 is 14.6 Å². The van der Waals surface area contributed by atoms with Crippen molar-refractivity contribution in [1.29, 1.82) is 0 Å². The number of aliphatic hydroxyl groups is 1. The number of halogens is 1. The van der Waals surface area contributed by atoms with Gasteiger partial charge in [-0.15, -0.1) is 0 Å². The molecule has 0 saturated carbocycles. The summed E-state index contributed by atoms with van der Waals surface area (Å²) in [7, 11) is 0. The maximum atomic E-state index is 10.3. The topological polar surface area (TPSA) is 38.7 Å². The van der Waals surface area contributed by atoms with E-state index in [1.807, 2.05) is 25.1 Å². The highest BCUT2D eigenvalue weighted by atomic mass is 79.9. The van der Waals surface area contributed by atoms with Gasteiger partial charge in [-0.25, -0.2) is 0 Å². The van der Waals surface area contributed by atoms with Crippen LogP contribution in [0.15, 0.2) is 22.7 Å². The number of ether oxygens (including phenoxy) is 2. The van der Waals surface area contributed by atoms with Gasteiger partial charge in [0.2, 0.25) is 0 Å². The zero-order chi connectivity index (χ0) is 13.1. The second-order valence-electron chi connectivity index (χ2n) is 4.67. The van der Waals surface area contributed by atoms with Crippen LogP contribution in [0.2, 0.25) is 0 Å². The molecule has 1 heterocycles. The second-order valence-corrected chi connectivity index (χ2v) is 5.52. The average molecular weight is 315 g/mol. The predicted octanol–water partition coefficient (Wildman–Crippen LogP) is 3.31. The van der Waals surface area contributed by atoms with E-state index in [2.05, 4.69) is 22.9 Å². The Balaban J connectivity index is 2.15. The molecule has 0 radical (unpaired) electrons. The first-order valence-electron chi connectivity index (χ1n) is 6.35. The Morgan fingerprint density at radius 2 is 2.33 bits per heavy atom. The largest absolute Gasteiger partial charge is 0.493 e. The van der Waals surface area contributed by atoms with Crippen LogP contribution in [0.5, 0.6) is 5.75 Å². The molecule has 0 bridgehead atoms. The van der Waals surface area contributed by atoms with Gasteiger partial charge >= 0.3 is 0 Å². The molecule has 4 heteroatoms. The van der Waals surface area contributed by atoms with E-state index in [1.165, 1.54) is 0 Å². The third kappa shape index (κ3) is 2.87. The summed E-state index contributed by atoms with van der Waals surface area (Å²) in [5, 5.41) is 10.3. The van der Waals surface area contributed by atoms with Crippen LogP contribution in [0.25, 0.3) is 0 Å². The lowest BCUT2D eigenvalue weighted by atomic mass is 9.95. The van der Waals surface area contributed by atoms with E-state index in [4.69, 9.17) is 9.47 Å². The second kappa shape index (κ2) is 6.04. The highest BCUT2D eigenvalue weighted by Crippen LogP contribution is 2.34. The molecule has 0 amide bonds. The molecule has 0 spiro atoms. The van der Waals surface area contributed by atoms with Crippen LogP contribution >= 0.6 is 15.9 Å². The minimum Gasteiger partial charge on any atom is -0.493 e. The van der Waals surface area contributed by atoms with Crippen LogP contribution in [0.4, 0.5) is 0 Å². The van der Waals surface area contributed by atoms with Crippen LogP contribution in [0.3, 0.4) is 0 Å². The summed E-state index contributed by atoms with van der Waals surface area (Å²) in [6.07, 6.45) is 0.337. The number of aliphatic hydroxyl groups excluding tert-OH is 1. The van der Waals surface area contributed by atoms with Crippen molar-refractivity contribution >= 4 is 15.9 Å². The van der Waals surface area contributed by atoms with Gasteiger partial charge in [-0.05, 0) is 52.9 Å². The van der Waals surface area contributed by atoms with E-state index in [0.29, 0.717) is 12.5 Å². The maximum Gasteiger partial charge on any atom is 0.133 e. The SMILES string of the molecule is CCOc1ccc(C(O)C2OCCC2C)cc1Br. The van der Waals surface area contributed by atoms with Gasteiger partial charge in [0.05, 0.1) is 17.2 Å². The van der Waals surface area contributed by atoms with E-state index in [9.17, 15) is 5.11 Å². The van der Waals surface area contributed by atoms with E-state index < -0.39 is 6.10 Å². The molecule has 0 aromatic heterocycles. The fraction of sp³-hybridized carbons (Fsp3) is 0.571. The molecule has 3 nitrogen and oxygen atoms in total. The van der Waals surface area contributed by atoms with Gasteiger partial charge in [0.25, 0.3) is 0 Å². The summed E-state index contributed by atoms with van der Waals surface area (Å²) in [4.78, 5) is 0. The van der Waals surface area contributed by atoms with E-state index in [0.717, 1.165) is 28.8 Å². The molecule has 1 aliphatic heterocycles. The first-order chi connectivity index (χ1) is 8.63. The van der Waals surface area contributed by atoms with Crippen molar-refractivity contribution < 1.29 is 14.6 Å². The molecule has 1 fully saturated rings. The maximum absolute atomic E-state index is 10.3. The van der Waals surface area contributed by atoms with Crippen molar-refractivity contribution in [3.05, 3.63) is 28.2 Å².